The highest BCUT2D eigenvalue weighted by Crippen LogP contribution is 2.43. The van der Waals surface area contributed by atoms with Crippen LogP contribution in [0.4, 0.5) is 10.5 Å². The number of aromatic hydroxyl groups is 2. The van der Waals surface area contributed by atoms with Crippen LogP contribution in [-0.2, 0) is 25.4 Å². The van der Waals surface area contributed by atoms with Crippen LogP contribution in [-0.4, -0.2) is 73.1 Å². The molecule has 1 aliphatic rings. The molecule has 2 amide bonds. The zero-order chi connectivity index (χ0) is 30.1. The summed E-state index contributed by atoms with van der Waals surface area (Å²) in [6.45, 7) is 7.04. The Kier molecular flexibility index (Phi) is 12.0. The third kappa shape index (κ3) is 8.23. The van der Waals surface area contributed by atoms with Gasteiger partial charge in [-0.2, -0.15) is 0 Å². The van der Waals surface area contributed by atoms with Crippen molar-refractivity contribution >= 4 is 17.7 Å². The first-order valence-corrected chi connectivity index (χ1v) is 13.0. The lowest BCUT2D eigenvalue weighted by Gasteiger charge is -2.29. The summed E-state index contributed by atoms with van der Waals surface area (Å²) in [6.07, 6.45) is 2.93. The fourth-order valence-electron chi connectivity index (χ4n) is 4.81. The van der Waals surface area contributed by atoms with Gasteiger partial charge in [0.1, 0.15) is 11.9 Å². The molecule has 0 saturated carbocycles. The van der Waals surface area contributed by atoms with Crippen molar-refractivity contribution in [3.63, 3.8) is 0 Å². The van der Waals surface area contributed by atoms with Crippen LogP contribution in [0.3, 0.4) is 0 Å². The predicted octanol–water partition coefficient (Wildman–Crippen LogP) is 3.57. The zero-order valence-corrected chi connectivity index (χ0v) is 24.1. The lowest BCUT2D eigenvalue weighted by molar-refractivity contribution is -0.112. The highest BCUT2D eigenvalue weighted by Gasteiger charge is 2.30. The molecule has 0 radical (unpaired) electrons. The molecule has 2 rings (SSSR count). The molecule has 0 fully saturated rings. The number of rotatable bonds is 4. The molecule has 222 valence electrons. The van der Waals surface area contributed by atoms with E-state index in [-0.39, 0.29) is 40.8 Å². The topological polar surface area (TPSA) is 170 Å². The maximum Gasteiger partial charge on any atom is 0.405 e. The van der Waals surface area contributed by atoms with Crippen LogP contribution < -0.4 is 15.8 Å². The Hall–Kier alpha value is -3.54. The van der Waals surface area contributed by atoms with Gasteiger partial charge in [0.2, 0.25) is 0 Å². The van der Waals surface area contributed by atoms with Gasteiger partial charge < -0.3 is 45.3 Å². The van der Waals surface area contributed by atoms with E-state index in [1.807, 2.05) is 13.8 Å². The Bertz CT molecular complexity index is 1140. The summed E-state index contributed by atoms with van der Waals surface area (Å²) in [5.41, 5.74) is 6.54. The number of nitrogens with two attached hydrogens (primary N) is 1. The molecule has 11 nitrogen and oxygen atoms in total. The Balaban J connectivity index is 2.65. The van der Waals surface area contributed by atoms with Crippen molar-refractivity contribution in [2.45, 2.75) is 65.0 Å². The molecule has 6 N–H and O–H groups in total. The Labute approximate surface area is 235 Å². The molecular weight excluding hydrogens is 520 g/mol. The molecule has 0 aliphatic carbocycles. The number of ether oxygens (including phenoxy) is 4. The minimum atomic E-state index is -0.991. The van der Waals surface area contributed by atoms with Crippen LogP contribution in [0.15, 0.2) is 41.5 Å². The van der Waals surface area contributed by atoms with Crippen LogP contribution >= 0.6 is 0 Å². The third-order valence-electron chi connectivity index (χ3n) is 6.98. The van der Waals surface area contributed by atoms with Crippen molar-refractivity contribution in [3.8, 4) is 17.2 Å². The summed E-state index contributed by atoms with van der Waals surface area (Å²) in [7, 11) is 4.32. The Morgan fingerprint density at radius 1 is 1.12 bits per heavy atom. The number of nitrogens with one attached hydrogen (secondary N) is 1. The summed E-state index contributed by atoms with van der Waals surface area (Å²) >= 11 is 0. The molecule has 1 aromatic rings. The molecule has 1 heterocycles. The van der Waals surface area contributed by atoms with Crippen molar-refractivity contribution < 1.29 is 43.9 Å². The van der Waals surface area contributed by atoms with E-state index in [0.717, 1.165) is 0 Å². The number of aliphatic hydroxyl groups excluding tert-OH is 1. The van der Waals surface area contributed by atoms with Crippen molar-refractivity contribution in [2.75, 3.05) is 26.6 Å². The van der Waals surface area contributed by atoms with Gasteiger partial charge in [0.25, 0.3) is 5.91 Å². The number of hydrogen-bond acceptors (Lipinski definition) is 9. The molecule has 40 heavy (non-hydrogen) atoms. The van der Waals surface area contributed by atoms with Crippen LogP contribution in [0, 0.1) is 11.8 Å². The summed E-state index contributed by atoms with van der Waals surface area (Å²) < 4.78 is 21.9. The lowest BCUT2D eigenvalue weighted by Crippen LogP contribution is -2.37. The van der Waals surface area contributed by atoms with Gasteiger partial charge in [-0.25, -0.2) is 4.79 Å². The monoisotopic (exact) mass is 562 g/mol. The van der Waals surface area contributed by atoms with Gasteiger partial charge in [0, 0.05) is 37.3 Å². The maximum absolute atomic E-state index is 12.9. The first-order chi connectivity index (χ1) is 18.8. The fourth-order valence-corrected chi connectivity index (χ4v) is 4.81. The highest BCUT2D eigenvalue weighted by molar-refractivity contribution is 6.04. The number of allylic oxidation sites excluding steroid dienone is 2. The SMILES string of the molecule is COc1c(O)cc2c(O)c1C[C@@H](C)C[C@H](OC)[C@H](O)[C@@H](C)/C=C(\C)[C@H](OC(N)=O)C(OC)/C=C\C=C(/C)C(=O)N2. The van der Waals surface area contributed by atoms with E-state index in [4.69, 9.17) is 24.7 Å². The van der Waals surface area contributed by atoms with Gasteiger partial charge in [-0.1, -0.05) is 38.2 Å². The van der Waals surface area contributed by atoms with E-state index >= 15 is 0 Å². The molecule has 1 unspecified atom stereocenters. The number of aliphatic hydroxyl groups is 1. The second kappa shape index (κ2) is 14.7. The smallest absolute Gasteiger partial charge is 0.405 e. The maximum atomic E-state index is 12.9. The highest BCUT2D eigenvalue weighted by atomic mass is 16.6. The average molecular weight is 563 g/mol. The number of hydrogen-bond donors (Lipinski definition) is 5. The number of methoxy groups -OCH3 is 3. The van der Waals surface area contributed by atoms with E-state index in [1.54, 1.807) is 32.1 Å². The normalized spacial score (nSPS) is 30.2. The summed E-state index contributed by atoms with van der Waals surface area (Å²) in [5.74, 6) is -1.48. The standard InChI is InChI=1S/C29H42N2O9/c1-15-11-19-25(34)20(14-21(32)27(19)39-7)31-28(35)16(2)9-8-10-22(37-5)26(40-29(30)36)18(4)13-17(3)24(33)23(12-15)38-6/h8-10,13-15,17,22-24,26,32-34H,11-12H2,1-7H3,(H2,30,36)(H,31,35)/b10-8-,16-9+,18-13+/t15-,17+,22?,23+,24-,26+/m1/s1. The number of phenols is 2. The quantitative estimate of drug-likeness (QED) is 0.209. The van der Waals surface area contributed by atoms with Gasteiger partial charge in [0.15, 0.2) is 17.6 Å². The second-order valence-corrected chi connectivity index (χ2v) is 10.1. The summed E-state index contributed by atoms with van der Waals surface area (Å²) in [4.78, 5) is 24.6. The van der Waals surface area contributed by atoms with Crippen LogP contribution in [0.25, 0.3) is 0 Å². The summed E-state index contributed by atoms with van der Waals surface area (Å²) in [5, 5.41) is 35.4. The molecule has 1 aliphatic heterocycles. The zero-order valence-electron chi connectivity index (χ0n) is 24.1. The van der Waals surface area contributed by atoms with Crippen LogP contribution in [0.2, 0.25) is 0 Å². The predicted molar refractivity (Wildman–Crippen MR) is 150 cm³/mol. The van der Waals surface area contributed by atoms with E-state index in [0.29, 0.717) is 17.6 Å². The van der Waals surface area contributed by atoms with E-state index < -0.39 is 42.3 Å². The second-order valence-electron chi connectivity index (χ2n) is 10.1. The Morgan fingerprint density at radius 3 is 2.38 bits per heavy atom. The minimum absolute atomic E-state index is 0.0154. The molecule has 11 heteroatoms. The third-order valence-corrected chi connectivity index (χ3v) is 6.98. The van der Waals surface area contributed by atoms with Crippen molar-refractivity contribution in [1.82, 2.24) is 0 Å². The number of benzene rings is 1. The number of carbonyl (C=O) groups excluding carboxylic acids is 2. The van der Waals surface area contributed by atoms with Crippen LogP contribution in [0.5, 0.6) is 17.2 Å². The van der Waals surface area contributed by atoms with Crippen molar-refractivity contribution in [1.29, 1.82) is 0 Å². The van der Waals surface area contributed by atoms with E-state index in [9.17, 15) is 24.9 Å². The van der Waals surface area contributed by atoms with Gasteiger partial charge in [-0.05, 0) is 38.2 Å². The molecular formula is C29H42N2O9. The first-order valence-electron chi connectivity index (χ1n) is 13.0. The van der Waals surface area contributed by atoms with Crippen LogP contribution in [0.1, 0.15) is 39.7 Å². The number of primary amides is 1. The molecule has 0 spiro atoms. The number of anilines is 1. The van der Waals surface area contributed by atoms with Crippen molar-refractivity contribution in [3.05, 3.63) is 47.1 Å². The van der Waals surface area contributed by atoms with Gasteiger partial charge in [0.05, 0.1) is 25.0 Å². The van der Waals surface area contributed by atoms with Gasteiger partial charge in [-0.15, -0.1) is 0 Å². The molecule has 0 aromatic heterocycles. The first kappa shape index (κ1) is 32.7. The Morgan fingerprint density at radius 2 is 1.80 bits per heavy atom. The summed E-state index contributed by atoms with van der Waals surface area (Å²) in [6, 6.07) is 1.22. The number of fused-ring (bicyclic) bond motifs is 2. The number of amides is 2. The van der Waals surface area contributed by atoms with E-state index in [2.05, 4.69) is 5.32 Å². The minimum Gasteiger partial charge on any atom is -0.505 e. The molecule has 0 saturated heterocycles. The molecule has 2 bridgehead atoms. The van der Waals surface area contributed by atoms with E-state index in [1.165, 1.54) is 33.5 Å². The van der Waals surface area contributed by atoms with Gasteiger partial charge in [-0.3, -0.25) is 4.79 Å². The fraction of sp³-hybridized carbons (Fsp3) is 0.517. The van der Waals surface area contributed by atoms with Crippen molar-refractivity contribution in [2.24, 2.45) is 17.6 Å². The molecule has 1 aromatic carbocycles. The lowest BCUT2D eigenvalue weighted by atomic mass is 9.88. The number of phenolic OH excluding ortho intramolecular Hbond substituents is 2. The largest absolute Gasteiger partial charge is 0.505 e. The van der Waals surface area contributed by atoms with Gasteiger partial charge >= 0.3 is 6.09 Å². The average Bonchev–Trinajstić information content (AvgIpc) is 2.90. The number of carbonyl (C=O) groups is 2. The molecule has 6 atom stereocenters.